The highest BCUT2D eigenvalue weighted by Crippen LogP contribution is 2.25. The Hall–Kier alpha value is -1.26. The molecule has 0 bridgehead atoms. The molecule has 0 aliphatic carbocycles. The van der Waals surface area contributed by atoms with E-state index < -0.39 is 5.41 Å². The normalized spacial score (nSPS) is 11.0. The van der Waals surface area contributed by atoms with Crippen molar-refractivity contribution >= 4 is 18.3 Å². The van der Waals surface area contributed by atoms with Crippen molar-refractivity contribution < 1.29 is 9.53 Å². The SMILES string of the molecule is CCC(CC)(CN)C(=O)NCc1cccc(OCC(C)C)c1.Cl. The number of hydrogen-bond donors (Lipinski definition) is 2. The average molecular weight is 343 g/mol. The van der Waals surface area contributed by atoms with Gasteiger partial charge in [0.2, 0.25) is 5.91 Å². The van der Waals surface area contributed by atoms with Crippen LogP contribution in [0.1, 0.15) is 46.1 Å². The van der Waals surface area contributed by atoms with Gasteiger partial charge in [0, 0.05) is 13.1 Å². The lowest BCUT2D eigenvalue weighted by Crippen LogP contribution is -2.45. The van der Waals surface area contributed by atoms with E-state index in [1.54, 1.807) is 0 Å². The smallest absolute Gasteiger partial charge is 0.227 e. The van der Waals surface area contributed by atoms with Crippen molar-refractivity contribution in [3.8, 4) is 5.75 Å². The lowest BCUT2D eigenvalue weighted by Gasteiger charge is -2.28. The van der Waals surface area contributed by atoms with Crippen LogP contribution in [0.15, 0.2) is 24.3 Å². The Balaban J connectivity index is 0.00000484. The maximum atomic E-state index is 12.4. The molecule has 0 saturated carbocycles. The minimum absolute atomic E-state index is 0. The first-order valence-corrected chi connectivity index (χ1v) is 8.17. The third-order valence-electron chi connectivity index (χ3n) is 4.16. The van der Waals surface area contributed by atoms with Crippen LogP contribution in [0.25, 0.3) is 0 Å². The zero-order valence-electron chi connectivity index (χ0n) is 14.7. The third kappa shape index (κ3) is 6.40. The molecule has 1 amide bonds. The van der Waals surface area contributed by atoms with Gasteiger partial charge in [0.15, 0.2) is 0 Å². The Morgan fingerprint density at radius 2 is 1.96 bits per heavy atom. The molecule has 0 heterocycles. The van der Waals surface area contributed by atoms with Crippen molar-refractivity contribution in [1.82, 2.24) is 5.32 Å². The van der Waals surface area contributed by atoms with Crippen molar-refractivity contribution in [3.63, 3.8) is 0 Å². The molecule has 132 valence electrons. The zero-order valence-corrected chi connectivity index (χ0v) is 15.5. The largest absolute Gasteiger partial charge is 0.493 e. The van der Waals surface area contributed by atoms with Gasteiger partial charge in [-0.3, -0.25) is 4.79 Å². The Kier molecular flexibility index (Phi) is 9.93. The van der Waals surface area contributed by atoms with Crippen molar-refractivity contribution in [2.24, 2.45) is 17.1 Å². The molecule has 1 aromatic rings. The number of rotatable bonds is 9. The summed E-state index contributed by atoms with van der Waals surface area (Å²) in [5, 5.41) is 3.01. The van der Waals surface area contributed by atoms with Crippen LogP contribution in [0.2, 0.25) is 0 Å². The minimum Gasteiger partial charge on any atom is -0.493 e. The Morgan fingerprint density at radius 3 is 2.48 bits per heavy atom. The van der Waals surface area contributed by atoms with Crippen LogP contribution in [-0.2, 0) is 11.3 Å². The third-order valence-corrected chi connectivity index (χ3v) is 4.16. The highest BCUT2D eigenvalue weighted by atomic mass is 35.5. The fraction of sp³-hybridized carbons (Fsp3) is 0.611. The number of carbonyl (C=O) groups is 1. The first kappa shape index (κ1) is 21.7. The molecule has 0 spiro atoms. The molecule has 5 heteroatoms. The molecule has 1 aromatic carbocycles. The monoisotopic (exact) mass is 342 g/mol. The molecular weight excluding hydrogens is 312 g/mol. The molecule has 1 rings (SSSR count). The topological polar surface area (TPSA) is 64.4 Å². The number of benzene rings is 1. The maximum absolute atomic E-state index is 12.4. The molecule has 4 nitrogen and oxygen atoms in total. The molecule has 0 unspecified atom stereocenters. The zero-order chi connectivity index (χ0) is 16.6. The van der Waals surface area contributed by atoms with Gasteiger partial charge in [-0.1, -0.05) is 39.8 Å². The molecule has 23 heavy (non-hydrogen) atoms. The number of amides is 1. The number of carbonyl (C=O) groups excluding carboxylic acids is 1. The first-order chi connectivity index (χ1) is 10.5. The second kappa shape index (κ2) is 10.5. The number of ether oxygens (including phenoxy) is 1. The van der Waals surface area contributed by atoms with E-state index in [4.69, 9.17) is 10.5 Å². The summed E-state index contributed by atoms with van der Waals surface area (Å²) in [6, 6.07) is 7.86. The highest BCUT2D eigenvalue weighted by molar-refractivity contribution is 5.85. The number of nitrogens with two attached hydrogens (primary N) is 1. The van der Waals surface area contributed by atoms with Gasteiger partial charge in [-0.25, -0.2) is 0 Å². The standard InChI is InChI=1S/C18H30N2O2.ClH/c1-5-18(6-2,13-19)17(21)20-11-15-8-7-9-16(10-15)22-12-14(3)4;/h7-10,14H,5-6,11-13,19H2,1-4H3,(H,20,21);1H. The predicted molar refractivity (Wildman–Crippen MR) is 97.9 cm³/mol. The van der Waals surface area contributed by atoms with E-state index in [2.05, 4.69) is 19.2 Å². The van der Waals surface area contributed by atoms with Crippen LogP contribution in [0.4, 0.5) is 0 Å². The predicted octanol–water partition coefficient (Wildman–Crippen LogP) is 3.52. The van der Waals surface area contributed by atoms with Gasteiger partial charge in [-0.2, -0.15) is 0 Å². The molecule has 0 aliphatic heterocycles. The van der Waals surface area contributed by atoms with Crippen LogP contribution in [0.3, 0.4) is 0 Å². The Bertz CT molecular complexity index is 466. The van der Waals surface area contributed by atoms with E-state index in [0.29, 0.717) is 25.6 Å². The van der Waals surface area contributed by atoms with E-state index in [1.165, 1.54) is 0 Å². The second-order valence-corrected chi connectivity index (χ2v) is 6.23. The van der Waals surface area contributed by atoms with E-state index in [1.807, 2.05) is 38.1 Å². The fourth-order valence-electron chi connectivity index (χ4n) is 2.33. The number of halogens is 1. The van der Waals surface area contributed by atoms with Gasteiger partial charge in [0.1, 0.15) is 5.75 Å². The van der Waals surface area contributed by atoms with Gasteiger partial charge in [0.05, 0.1) is 12.0 Å². The Morgan fingerprint density at radius 1 is 1.30 bits per heavy atom. The van der Waals surface area contributed by atoms with Gasteiger partial charge >= 0.3 is 0 Å². The van der Waals surface area contributed by atoms with Crippen LogP contribution >= 0.6 is 12.4 Å². The Labute approximate surface area is 146 Å². The van der Waals surface area contributed by atoms with Crippen molar-refractivity contribution in [1.29, 1.82) is 0 Å². The molecule has 0 radical (unpaired) electrons. The van der Waals surface area contributed by atoms with Crippen molar-refractivity contribution in [3.05, 3.63) is 29.8 Å². The summed E-state index contributed by atoms with van der Waals surface area (Å²) >= 11 is 0. The summed E-state index contributed by atoms with van der Waals surface area (Å²) < 4.78 is 5.71. The molecule has 0 atom stereocenters. The van der Waals surface area contributed by atoms with Gasteiger partial charge in [-0.15, -0.1) is 12.4 Å². The summed E-state index contributed by atoms with van der Waals surface area (Å²) in [4.78, 5) is 12.4. The molecule has 3 N–H and O–H groups in total. The van der Waals surface area contributed by atoms with Crippen LogP contribution in [0.5, 0.6) is 5.75 Å². The van der Waals surface area contributed by atoms with Gasteiger partial charge in [-0.05, 0) is 36.5 Å². The van der Waals surface area contributed by atoms with Crippen molar-refractivity contribution in [2.75, 3.05) is 13.2 Å². The molecule has 0 aliphatic rings. The van der Waals surface area contributed by atoms with Crippen LogP contribution < -0.4 is 15.8 Å². The summed E-state index contributed by atoms with van der Waals surface area (Å²) in [5.41, 5.74) is 6.39. The first-order valence-electron chi connectivity index (χ1n) is 8.17. The van der Waals surface area contributed by atoms with E-state index in [0.717, 1.165) is 24.2 Å². The molecule has 0 saturated heterocycles. The van der Waals surface area contributed by atoms with E-state index in [-0.39, 0.29) is 18.3 Å². The summed E-state index contributed by atoms with van der Waals surface area (Å²) in [5.74, 6) is 1.37. The molecule has 0 fully saturated rings. The summed E-state index contributed by atoms with van der Waals surface area (Å²) in [7, 11) is 0. The minimum atomic E-state index is -0.453. The fourth-order valence-corrected chi connectivity index (χ4v) is 2.33. The quantitative estimate of drug-likeness (QED) is 0.721. The van der Waals surface area contributed by atoms with Crippen LogP contribution in [0, 0.1) is 11.3 Å². The van der Waals surface area contributed by atoms with Gasteiger partial charge < -0.3 is 15.8 Å². The average Bonchev–Trinajstić information content (AvgIpc) is 2.53. The van der Waals surface area contributed by atoms with Crippen molar-refractivity contribution in [2.45, 2.75) is 47.1 Å². The van der Waals surface area contributed by atoms with Gasteiger partial charge in [0.25, 0.3) is 0 Å². The molecular formula is C18H31ClN2O2. The molecule has 0 aromatic heterocycles. The van der Waals surface area contributed by atoms with E-state index >= 15 is 0 Å². The highest BCUT2D eigenvalue weighted by Gasteiger charge is 2.32. The summed E-state index contributed by atoms with van der Waals surface area (Å²) in [6.45, 7) is 9.82. The van der Waals surface area contributed by atoms with Crippen LogP contribution in [-0.4, -0.2) is 19.1 Å². The maximum Gasteiger partial charge on any atom is 0.227 e. The summed E-state index contributed by atoms with van der Waals surface area (Å²) in [6.07, 6.45) is 1.51. The second-order valence-electron chi connectivity index (χ2n) is 6.23. The number of hydrogen-bond acceptors (Lipinski definition) is 3. The lowest BCUT2D eigenvalue weighted by atomic mass is 9.81. The van der Waals surface area contributed by atoms with E-state index in [9.17, 15) is 4.79 Å². The number of nitrogens with one attached hydrogen (secondary N) is 1. The lowest BCUT2D eigenvalue weighted by molar-refractivity contribution is -0.131.